The molecule has 2 N–H and O–H groups in total. The highest BCUT2D eigenvalue weighted by atomic mass is 35.5. The number of benzene rings is 2. The summed E-state index contributed by atoms with van der Waals surface area (Å²) < 4.78 is 0. The summed E-state index contributed by atoms with van der Waals surface area (Å²) in [6.07, 6.45) is 0. The molecule has 0 heterocycles. The van der Waals surface area contributed by atoms with E-state index in [0.717, 1.165) is 33.2 Å². The molecule has 0 fully saturated rings. The second kappa shape index (κ2) is 3.84. The first kappa shape index (κ1) is 11.0. The third kappa shape index (κ3) is 1.68. The van der Waals surface area contributed by atoms with Crippen molar-refractivity contribution < 1.29 is 0 Å². The van der Waals surface area contributed by atoms with Crippen LogP contribution < -0.4 is 5.73 Å². The van der Waals surface area contributed by atoms with Gasteiger partial charge in [0.05, 0.1) is 0 Å². The third-order valence-corrected chi connectivity index (χ3v) is 3.01. The number of aryl methyl sites for hydroxylation is 2. The van der Waals surface area contributed by atoms with Crippen molar-refractivity contribution in [3.63, 3.8) is 0 Å². The first-order valence-corrected chi connectivity index (χ1v) is 5.52. The van der Waals surface area contributed by atoms with E-state index in [0.29, 0.717) is 5.03 Å². The molecule has 0 bridgehead atoms. The Morgan fingerprint density at radius 1 is 1.19 bits per heavy atom. The summed E-state index contributed by atoms with van der Waals surface area (Å²) in [7, 11) is 0. The molecule has 0 aliphatic rings. The highest BCUT2D eigenvalue weighted by Gasteiger charge is 2.09. The first-order valence-electron chi connectivity index (χ1n) is 5.15. The van der Waals surface area contributed by atoms with Gasteiger partial charge in [-0.1, -0.05) is 30.3 Å². The summed E-state index contributed by atoms with van der Waals surface area (Å²) in [6, 6.07) is 8.04. The lowest BCUT2D eigenvalue weighted by molar-refractivity contribution is 1.44. The molecule has 2 heteroatoms. The number of rotatable bonds is 1. The molecule has 2 aromatic rings. The van der Waals surface area contributed by atoms with E-state index in [1.807, 2.05) is 32.0 Å². The number of halogens is 1. The molecule has 0 aliphatic heterocycles. The fourth-order valence-electron chi connectivity index (χ4n) is 2.16. The molecule has 1 nitrogen and oxygen atoms in total. The van der Waals surface area contributed by atoms with Crippen molar-refractivity contribution in [2.75, 3.05) is 5.73 Å². The Balaban J connectivity index is 2.97. The Labute approximate surface area is 101 Å². The van der Waals surface area contributed by atoms with Crippen molar-refractivity contribution in [2.45, 2.75) is 13.8 Å². The van der Waals surface area contributed by atoms with Crippen molar-refractivity contribution in [1.82, 2.24) is 0 Å². The van der Waals surface area contributed by atoms with Gasteiger partial charge in [0, 0.05) is 16.3 Å². The quantitative estimate of drug-likeness (QED) is 0.730. The van der Waals surface area contributed by atoms with Crippen LogP contribution in [0.25, 0.3) is 15.8 Å². The van der Waals surface area contributed by atoms with E-state index in [2.05, 4.69) is 12.6 Å². The lowest BCUT2D eigenvalue weighted by Gasteiger charge is -2.12. The molecule has 0 saturated carbocycles. The van der Waals surface area contributed by atoms with Gasteiger partial charge in [-0.3, -0.25) is 0 Å². The molecule has 0 aliphatic carbocycles. The standard InChI is InChI=1S/C14H14ClN/c1-8-4-5-11-7-12(16)6-9(2)14(11)13(8)10(3)15/h4-7H,3,16H2,1-2H3. The van der Waals surface area contributed by atoms with Gasteiger partial charge in [-0.25, -0.2) is 0 Å². The Kier molecular flexibility index (Phi) is 2.64. The second-order valence-electron chi connectivity index (χ2n) is 4.10. The van der Waals surface area contributed by atoms with Gasteiger partial charge in [-0.15, -0.1) is 0 Å². The highest BCUT2D eigenvalue weighted by molar-refractivity contribution is 6.49. The summed E-state index contributed by atoms with van der Waals surface area (Å²) >= 11 is 6.07. The van der Waals surface area contributed by atoms with Crippen LogP contribution in [0.3, 0.4) is 0 Å². The topological polar surface area (TPSA) is 26.0 Å². The summed E-state index contributed by atoms with van der Waals surface area (Å²) in [6.45, 7) is 7.92. The van der Waals surface area contributed by atoms with Crippen molar-refractivity contribution in [3.8, 4) is 0 Å². The molecule has 0 unspecified atom stereocenters. The molecule has 2 rings (SSSR count). The Morgan fingerprint density at radius 3 is 2.50 bits per heavy atom. The Hall–Kier alpha value is -1.47. The number of hydrogen-bond donors (Lipinski definition) is 1. The molecular weight excluding hydrogens is 218 g/mol. The molecule has 0 atom stereocenters. The van der Waals surface area contributed by atoms with E-state index in [1.54, 1.807) is 0 Å². The summed E-state index contributed by atoms with van der Waals surface area (Å²) in [5.41, 5.74) is 9.91. The van der Waals surface area contributed by atoms with Crippen LogP contribution in [0.5, 0.6) is 0 Å². The molecule has 0 aromatic heterocycles. The molecule has 16 heavy (non-hydrogen) atoms. The molecular formula is C14H14ClN. The van der Waals surface area contributed by atoms with Crippen LogP contribution in [0.4, 0.5) is 5.69 Å². The Morgan fingerprint density at radius 2 is 1.88 bits per heavy atom. The van der Waals surface area contributed by atoms with Crippen LogP contribution in [0.1, 0.15) is 16.7 Å². The molecule has 0 spiro atoms. The third-order valence-electron chi connectivity index (χ3n) is 2.82. The normalized spacial score (nSPS) is 10.7. The summed E-state index contributed by atoms with van der Waals surface area (Å²) in [4.78, 5) is 0. The maximum atomic E-state index is 6.07. The fourth-order valence-corrected chi connectivity index (χ4v) is 2.40. The minimum absolute atomic E-state index is 0.580. The fraction of sp³-hybridized carbons (Fsp3) is 0.143. The molecule has 0 saturated heterocycles. The molecule has 82 valence electrons. The lowest BCUT2D eigenvalue weighted by atomic mass is 9.95. The van der Waals surface area contributed by atoms with Gasteiger partial charge in [0.25, 0.3) is 0 Å². The van der Waals surface area contributed by atoms with Crippen LogP contribution in [0.15, 0.2) is 30.8 Å². The van der Waals surface area contributed by atoms with Crippen LogP contribution in [0, 0.1) is 13.8 Å². The van der Waals surface area contributed by atoms with Gasteiger partial charge in [0.15, 0.2) is 0 Å². The zero-order chi connectivity index (χ0) is 11.9. The van der Waals surface area contributed by atoms with Crippen LogP contribution in [0.2, 0.25) is 0 Å². The average Bonchev–Trinajstić information content (AvgIpc) is 2.18. The van der Waals surface area contributed by atoms with E-state index in [1.165, 1.54) is 0 Å². The number of hydrogen-bond acceptors (Lipinski definition) is 1. The summed E-state index contributed by atoms with van der Waals surface area (Å²) in [5.74, 6) is 0. The number of anilines is 1. The minimum Gasteiger partial charge on any atom is -0.399 e. The predicted molar refractivity (Wildman–Crippen MR) is 72.7 cm³/mol. The monoisotopic (exact) mass is 231 g/mol. The van der Waals surface area contributed by atoms with Crippen LogP contribution in [-0.2, 0) is 0 Å². The van der Waals surface area contributed by atoms with Gasteiger partial charge in [-0.05, 0) is 47.9 Å². The van der Waals surface area contributed by atoms with Crippen LogP contribution >= 0.6 is 11.6 Å². The predicted octanol–water partition coefficient (Wildman–Crippen LogP) is 4.25. The van der Waals surface area contributed by atoms with E-state index < -0.39 is 0 Å². The van der Waals surface area contributed by atoms with E-state index in [4.69, 9.17) is 17.3 Å². The van der Waals surface area contributed by atoms with Gasteiger partial charge in [-0.2, -0.15) is 0 Å². The molecule has 0 amide bonds. The van der Waals surface area contributed by atoms with Crippen molar-refractivity contribution in [2.24, 2.45) is 0 Å². The Bertz CT molecular complexity index is 585. The zero-order valence-electron chi connectivity index (χ0n) is 9.47. The number of fused-ring (bicyclic) bond motifs is 1. The SMILES string of the molecule is C=C(Cl)c1c(C)ccc2cc(N)cc(C)c12. The molecule has 0 radical (unpaired) electrons. The van der Waals surface area contributed by atoms with E-state index >= 15 is 0 Å². The average molecular weight is 232 g/mol. The van der Waals surface area contributed by atoms with Crippen LogP contribution in [-0.4, -0.2) is 0 Å². The number of nitrogen functional groups attached to an aromatic ring is 1. The van der Waals surface area contributed by atoms with Crippen molar-refractivity contribution in [3.05, 3.63) is 47.5 Å². The second-order valence-corrected chi connectivity index (χ2v) is 4.55. The minimum atomic E-state index is 0.580. The zero-order valence-corrected chi connectivity index (χ0v) is 10.2. The van der Waals surface area contributed by atoms with Gasteiger partial charge in [0.2, 0.25) is 0 Å². The van der Waals surface area contributed by atoms with Crippen molar-refractivity contribution in [1.29, 1.82) is 0 Å². The van der Waals surface area contributed by atoms with Gasteiger partial charge >= 0.3 is 0 Å². The van der Waals surface area contributed by atoms with E-state index in [-0.39, 0.29) is 0 Å². The maximum absolute atomic E-state index is 6.07. The summed E-state index contributed by atoms with van der Waals surface area (Å²) in [5, 5.41) is 2.84. The maximum Gasteiger partial charge on any atom is 0.0415 e. The lowest BCUT2D eigenvalue weighted by Crippen LogP contribution is -1.92. The van der Waals surface area contributed by atoms with E-state index in [9.17, 15) is 0 Å². The molecule has 2 aromatic carbocycles. The number of nitrogens with two attached hydrogens (primary N) is 1. The van der Waals surface area contributed by atoms with Gasteiger partial charge < -0.3 is 5.73 Å². The highest BCUT2D eigenvalue weighted by Crippen LogP contribution is 2.33. The largest absolute Gasteiger partial charge is 0.399 e. The first-order chi connectivity index (χ1) is 7.50. The van der Waals surface area contributed by atoms with Crippen molar-refractivity contribution >= 4 is 33.1 Å². The van der Waals surface area contributed by atoms with Gasteiger partial charge in [0.1, 0.15) is 0 Å². The smallest absolute Gasteiger partial charge is 0.0415 e.